The van der Waals surface area contributed by atoms with Gasteiger partial charge in [0.1, 0.15) is 6.61 Å². The van der Waals surface area contributed by atoms with Crippen molar-refractivity contribution in [3.8, 4) is 22.9 Å². The first-order valence-electron chi connectivity index (χ1n) is 11.4. The molecule has 170 valence electrons. The lowest BCUT2D eigenvalue weighted by Crippen LogP contribution is -2.44. The minimum Gasteiger partial charge on any atom is -0.458 e. The molecule has 0 fully saturated rings. The molecule has 33 heavy (non-hydrogen) atoms. The quantitative estimate of drug-likeness (QED) is 0.479. The summed E-state index contributed by atoms with van der Waals surface area (Å²) < 4.78 is 18.0. The molecule has 0 saturated heterocycles. The van der Waals surface area contributed by atoms with Gasteiger partial charge in [-0.2, -0.15) is 0 Å². The molecular formula is C25H24N2O6. The Morgan fingerprint density at radius 3 is 2.64 bits per heavy atom. The molecule has 8 nitrogen and oxygen atoms in total. The van der Waals surface area contributed by atoms with Crippen molar-refractivity contribution < 1.29 is 24.1 Å². The molecule has 1 atom stereocenters. The molecule has 3 aliphatic rings. The molecule has 0 saturated carbocycles. The van der Waals surface area contributed by atoms with E-state index in [9.17, 15) is 14.7 Å². The van der Waals surface area contributed by atoms with Crippen molar-refractivity contribution in [1.29, 1.82) is 0 Å². The fourth-order valence-corrected chi connectivity index (χ4v) is 5.19. The van der Waals surface area contributed by atoms with Gasteiger partial charge in [-0.3, -0.25) is 4.79 Å². The van der Waals surface area contributed by atoms with Crippen LogP contribution in [-0.2, 0) is 34.7 Å². The molecular weight excluding hydrogens is 424 g/mol. The highest BCUT2D eigenvalue weighted by Gasteiger charge is 2.45. The number of cyclic esters (lactones) is 1. The number of carbonyl (C=O) groups excluding carboxylic acids is 1. The second-order valence-electron chi connectivity index (χ2n) is 8.85. The zero-order valence-electron chi connectivity index (χ0n) is 18.6. The number of ether oxygens (including phenoxy) is 3. The Bertz CT molecular complexity index is 1410. The molecule has 5 heterocycles. The monoisotopic (exact) mass is 448 g/mol. The van der Waals surface area contributed by atoms with Crippen LogP contribution in [0.3, 0.4) is 0 Å². The topological polar surface area (TPSA) is 99.9 Å². The van der Waals surface area contributed by atoms with Gasteiger partial charge in [-0.15, -0.1) is 0 Å². The maximum atomic E-state index is 13.5. The van der Waals surface area contributed by atoms with E-state index in [1.54, 1.807) is 17.6 Å². The van der Waals surface area contributed by atoms with E-state index in [1.165, 1.54) is 0 Å². The number of unbranched alkanes of at least 4 members (excludes halogenated alkanes) is 1. The zero-order valence-corrected chi connectivity index (χ0v) is 18.6. The van der Waals surface area contributed by atoms with Gasteiger partial charge < -0.3 is 23.9 Å². The van der Waals surface area contributed by atoms with E-state index in [0.717, 1.165) is 41.3 Å². The Balaban J connectivity index is 1.63. The van der Waals surface area contributed by atoms with Gasteiger partial charge in [0.25, 0.3) is 5.56 Å². The van der Waals surface area contributed by atoms with Crippen molar-refractivity contribution in [2.75, 3.05) is 6.79 Å². The normalized spacial score (nSPS) is 19.9. The van der Waals surface area contributed by atoms with Gasteiger partial charge in [0.2, 0.25) is 6.79 Å². The highest BCUT2D eigenvalue weighted by atomic mass is 16.7. The molecule has 6 rings (SSSR count). The third kappa shape index (κ3) is 2.70. The summed E-state index contributed by atoms with van der Waals surface area (Å²) in [6.07, 6.45) is 3.00. The third-order valence-corrected chi connectivity index (χ3v) is 7.08. The van der Waals surface area contributed by atoms with Gasteiger partial charge in [-0.25, -0.2) is 9.78 Å². The van der Waals surface area contributed by atoms with Crippen molar-refractivity contribution in [3.63, 3.8) is 0 Å². The Morgan fingerprint density at radius 2 is 1.88 bits per heavy atom. The van der Waals surface area contributed by atoms with Crippen LogP contribution in [0.2, 0.25) is 0 Å². The Kier molecular flexibility index (Phi) is 4.32. The van der Waals surface area contributed by atoms with Crippen LogP contribution in [0, 0.1) is 0 Å². The average molecular weight is 448 g/mol. The summed E-state index contributed by atoms with van der Waals surface area (Å²) in [6.45, 7) is 4.30. The van der Waals surface area contributed by atoms with E-state index in [-0.39, 0.29) is 25.4 Å². The number of aliphatic hydroxyl groups is 1. The molecule has 8 heteroatoms. The van der Waals surface area contributed by atoms with E-state index in [0.29, 0.717) is 40.6 Å². The minimum atomic E-state index is -1.83. The number of esters is 1. The summed E-state index contributed by atoms with van der Waals surface area (Å²) in [5, 5.41) is 12.1. The molecule has 3 aromatic rings. The van der Waals surface area contributed by atoms with E-state index < -0.39 is 11.6 Å². The zero-order chi connectivity index (χ0) is 22.9. The summed E-state index contributed by atoms with van der Waals surface area (Å²) in [6, 6.07) is 5.61. The molecule has 2 aromatic heterocycles. The second kappa shape index (κ2) is 7.05. The highest BCUT2D eigenvalue weighted by Crippen LogP contribution is 2.43. The maximum absolute atomic E-state index is 13.5. The number of pyridine rings is 2. The van der Waals surface area contributed by atoms with Crippen LogP contribution >= 0.6 is 0 Å². The van der Waals surface area contributed by atoms with Crippen molar-refractivity contribution in [1.82, 2.24) is 9.55 Å². The SMILES string of the molecule is CCCCc1c2c(nc3cc4c(cc13)OCO4)-c1cc3c(c(=O)n1C2)COC(=O)[C@]3(O)CC. The van der Waals surface area contributed by atoms with Gasteiger partial charge in [0, 0.05) is 22.6 Å². The summed E-state index contributed by atoms with van der Waals surface area (Å²) in [5.74, 6) is 0.636. The van der Waals surface area contributed by atoms with Gasteiger partial charge in [0.05, 0.1) is 29.0 Å². The standard InChI is InChI=1S/C25H24N2O6/c1-3-5-6-13-14-7-20-21(33-12-32-20)9-18(14)26-22-15(13)10-27-19(22)8-17-16(23(27)28)11-31-24(29)25(17,30)4-2/h7-9,30H,3-6,10-12H2,1-2H3/t25-/m0/s1. The molecule has 1 aromatic carbocycles. The highest BCUT2D eigenvalue weighted by molar-refractivity contribution is 5.91. The van der Waals surface area contributed by atoms with Crippen LogP contribution in [0.4, 0.5) is 0 Å². The fourth-order valence-electron chi connectivity index (χ4n) is 5.19. The van der Waals surface area contributed by atoms with Gasteiger partial charge in [-0.05, 0) is 37.0 Å². The van der Waals surface area contributed by atoms with E-state index >= 15 is 0 Å². The van der Waals surface area contributed by atoms with Crippen molar-refractivity contribution in [3.05, 3.63) is 50.8 Å². The third-order valence-electron chi connectivity index (χ3n) is 7.08. The van der Waals surface area contributed by atoms with Crippen LogP contribution < -0.4 is 15.0 Å². The average Bonchev–Trinajstić information content (AvgIpc) is 3.42. The number of aryl methyl sites for hydroxylation is 1. The second-order valence-corrected chi connectivity index (χ2v) is 8.85. The predicted octanol–water partition coefficient (Wildman–Crippen LogP) is 3.15. The molecule has 3 aliphatic heterocycles. The van der Waals surface area contributed by atoms with Crippen LogP contribution in [0.15, 0.2) is 23.0 Å². The maximum Gasteiger partial charge on any atom is 0.343 e. The predicted molar refractivity (Wildman–Crippen MR) is 119 cm³/mol. The summed E-state index contributed by atoms with van der Waals surface area (Å²) in [7, 11) is 0. The summed E-state index contributed by atoms with van der Waals surface area (Å²) >= 11 is 0. The first kappa shape index (κ1) is 20.2. The van der Waals surface area contributed by atoms with Crippen LogP contribution in [0.5, 0.6) is 11.5 Å². The number of benzene rings is 1. The number of rotatable bonds is 4. The van der Waals surface area contributed by atoms with E-state index in [1.807, 2.05) is 12.1 Å². The minimum absolute atomic E-state index is 0.116. The largest absolute Gasteiger partial charge is 0.458 e. The lowest BCUT2D eigenvalue weighted by Gasteiger charge is -2.31. The summed E-state index contributed by atoms with van der Waals surface area (Å²) in [5.41, 5.74) is 2.82. The Labute approximate surface area is 189 Å². The van der Waals surface area contributed by atoms with Crippen LogP contribution in [-0.4, -0.2) is 27.4 Å². The molecule has 0 radical (unpaired) electrons. The van der Waals surface area contributed by atoms with Gasteiger partial charge in [0.15, 0.2) is 17.1 Å². The van der Waals surface area contributed by atoms with Gasteiger partial charge >= 0.3 is 5.97 Å². The van der Waals surface area contributed by atoms with E-state index in [4.69, 9.17) is 19.2 Å². The smallest absolute Gasteiger partial charge is 0.343 e. The van der Waals surface area contributed by atoms with E-state index in [2.05, 4.69) is 6.92 Å². The van der Waals surface area contributed by atoms with Crippen molar-refractivity contribution in [2.24, 2.45) is 0 Å². The first-order valence-corrected chi connectivity index (χ1v) is 11.4. The number of fused-ring (bicyclic) bond motifs is 6. The van der Waals surface area contributed by atoms with Crippen LogP contribution in [0.25, 0.3) is 22.3 Å². The number of hydrogen-bond acceptors (Lipinski definition) is 7. The molecule has 0 bridgehead atoms. The van der Waals surface area contributed by atoms with Crippen molar-refractivity contribution >= 4 is 16.9 Å². The Hall–Kier alpha value is -3.39. The number of nitrogens with zero attached hydrogens (tertiary/aromatic N) is 2. The summed E-state index contributed by atoms with van der Waals surface area (Å²) in [4.78, 5) is 30.8. The molecule has 0 spiro atoms. The first-order chi connectivity index (χ1) is 16.0. The van der Waals surface area contributed by atoms with Crippen molar-refractivity contribution in [2.45, 2.75) is 58.3 Å². The number of hydrogen-bond donors (Lipinski definition) is 1. The lowest BCUT2D eigenvalue weighted by atomic mass is 9.86. The van der Waals surface area contributed by atoms with Gasteiger partial charge in [-0.1, -0.05) is 20.3 Å². The number of carbonyl (C=O) groups is 1. The van der Waals surface area contributed by atoms with Crippen LogP contribution in [0.1, 0.15) is 55.4 Å². The fraction of sp³-hybridized carbons (Fsp3) is 0.400. The molecule has 0 amide bonds. The lowest BCUT2D eigenvalue weighted by molar-refractivity contribution is -0.172. The molecule has 1 N–H and O–H groups in total. The number of aromatic nitrogens is 2. The molecule has 0 unspecified atom stereocenters. The Morgan fingerprint density at radius 1 is 1.09 bits per heavy atom. The molecule has 0 aliphatic carbocycles.